The minimum atomic E-state index is -0.611. The van der Waals surface area contributed by atoms with E-state index in [1.165, 1.54) is 12.8 Å². The van der Waals surface area contributed by atoms with Crippen LogP contribution < -0.4 is 10.6 Å². The lowest BCUT2D eigenvalue weighted by Gasteiger charge is -2.49. The second-order valence-corrected chi connectivity index (χ2v) is 10.8. The summed E-state index contributed by atoms with van der Waals surface area (Å²) >= 11 is 0. The molecule has 2 heterocycles. The van der Waals surface area contributed by atoms with Crippen molar-refractivity contribution >= 4 is 11.8 Å². The zero-order valence-electron chi connectivity index (χ0n) is 19.6. The molecule has 0 radical (unpaired) electrons. The van der Waals surface area contributed by atoms with Gasteiger partial charge < -0.3 is 30.3 Å². The normalized spacial score (nSPS) is 36.8. The Balaban J connectivity index is 1.33. The maximum Gasteiger partial charge on any atom is 0.278 e. The molecule has 32 heavy (non-hydrogen) atoms. The zero-order chi connectivity index (χ0) is 22.6. The third-order valence-electron chi connectivity index (χ3n) is 8.53. The van der Waals surface area contributed by atoms with Gasteiger partial charge in [-0.1, -0.05) is 38.5 Å². The van der Waals surface area contributed by atoms with Crippen LogP contribution in [0.5, 0.6) is 0 Å². The SMILES string of the molecule is O=C(NC1CCCCC1)[C@@H]1CCC[N+]1([O-])CC[N+]1([O-])CCC[C@H]1C(=O)NC1CCCCC1. The Morgan fingerprint density at radius 1 is 0.594 bits per heavy atom. The van der Waals surface area contributed by atoms with E-state index in [0.717, 1.165) is 64.2 Å². The fourth-order valence-corrected chi connectivity index (χ4v) is 6.54. The quantitative estimate of drug-likeness (QED) is 0.460. The van der Waals surface area contributed by atoms with Gasteiger partial charge in [0.15, 0.2) is 12.1 Å². The topological polar surface area (TPSA) is 104 Å². The maximum absolute atomic E-state index is 13.6. The number of rotatable bonds is 7. The molecule has 4 atom stereocenters. The summed E-state index contributed by atoms with van der Waals surface area (Å²) in [6.07, 6.45) is 13.6. The van der Waals surface area contributed by atoms with Crippen LogP contribution in [0, 0.1) is 10.4 Å². The summed E-state index contributed by atoms with van der Waals surface area (Å²) in [6.45, 7) is 1.03. The van der Waals surface area contributed by atoms with Crippen molar-refractivity contribution in [2.24, 2.45) is 0 Å². The lowest BCUT2D eigenvalue weighted by Crippen LogP contribution is -2.62. The van der Waals surface area contributed by atoms with E-state index in [1.54, 1.807) is 0 Å². The predicted molar refractivity (Wildman–Crippen MR) is 123 cm³/mol. The number of hydrogen-bond acceptors (Lipinski definition) is 4. The van der Waals surface area contributed by atoms with Gasteiger partial charge in [-0.2, -0.15) is 0 Å². The molecule has 2 aliphatic heterocycles. The van der Waals surface area contributed by atoms with E-state index in [0.29, 0.717) is 25.9 Å². The number of amides is 2. The second-order valence-electron chi connectivity index (χ2n) is 10.8. The van der Waals surface area contributed by atoms with E-state index in [-0.39, 0.29) is 37.0 Å². The Hall–Kier alpha value is -1.22. The van der Waals surface area contributed by atoms with Crippen molar-refractivity contribution in [1.29, 1.82) is 0 Å². The van der Waals surface area contributed by atoms with Crippen molar-refractivity contribution < 1.29 is 18.9 Å². The summed E-state index contributed by atoms with van der Waals surface area (Å²) in [5, 5.41) is 33.5. The highest BCUT2D eigenvalue weighted by Crippen LogP contribution is 2.31. The molecule has 2 unspecified atom stereocenters. The molecule has 182 valence electrons. The first-order chi connectivity index (χ1) is 15.4. The van der Waals surface area contributed by atoms with Gasteiger partial charge in [0.1, 0.15) is 13.1 Å². The molecule has 8 nitrogen and oxygen atoms in total. The summed E-state index contributed by atoms with van der Waals surface area (Å²) in [7, 11) is 0. The number of quaternary nitrogens is 2. The van der Waals surface area contributed by atoms with Crippen molar-refractivity contribution in [2.45, 2.75) is 114 Å². The molecule has 8 heteroatoms. The van der Waals surface area contributed by atoms with E-state index in [1.807, 2.05) is 0 Å². The van der Waals surface area contributed by atoms with Gasteiger partial charge >= 0.3 is 0 Å². The number of nitrogens with one attached hydrogen (secondary N) is 2. The number of hydroxylamine groups is 6. The van der Waals surface area contributed by atoms with Crippen LogP contribution in [0.15, 0.2) is 0 Å². The Morgan fingerprint density at radius 2 is 0.969 bits per heavy atom. The molecule has 0 bridgehead atoms. The Bertz CT molecular complexity index is 608. The van der Waals surface area contributed by atoms with Gasteiger partial charge in [0.05, 0.1) is 13.1 Å². The fourth-order valence-electron chi connectivity index (χ4n) is 6.54. The molecule has 2 saturated heterocycles. The van der Waals surface area contributed by atoms with Crippen LogP contribution in [0.4, 0.5) is 0 Å². The maximum atomic E-state index is 13.6. The second kappa shape index (κ2) is 10.4. The first-order valence-corrected chi connectivity index (χ1v) is 13.2. The van der Waals surface area contributed by atoms with Crippen molar-refractivity contribution in [1.82, 2.24) is 10.6 Å². The zero-order valence-corrected chi connectivity index (χ0v) is 19.6. The summed E-state index contributed by atoms with van der Waals surface area (Å²) in [4.78, 5) is 25.8. The van der Waals surface area contributed by atoms with Gasteiger partial charge in [0.2, 0.25) is 0 Å². The fraction of sp³-hybridized carbons (Fsp3) is 0.917. The molecular formula is C24H42N4O4. The lowest BCUT2D eigenvalue weighted by molar-refractivity contribution is -0.939. The molecule has 0 aromatic carbocycles. The standard InChI is InChI=1S/C24H42N4O4/c29-23(25-19-9-3-1-4-10-19)21-13-7-15-27(21,31)17-18-28(32)16-8-14-22(28)24(30)26-20-11-5-2-6-12-20/h19-22H,1-18H2,(H,25,29)(H,26,30)/t21-,22-,27?,28?/m0/s1. The van der Waals surface area contributed by atoms with Gasteiger partial charge in [-0.05, 0) is 25.7 Å². The molecule has 4 rings (SSSR count). The monoisotopic (exact) mass is 450 g/mol. The Labute approximate surface area is 192 Å². The summed E-state index contributed by atoms with van der Waals surface area (Å²) in [6, 6.07) is -0.842. The van der Waals surface area contributed by atoms with Crippen molar-refractivity contribution in [2.75, 3.05) is 26.2 Å². The van der Waals surface area contributed by atoms with Crippen LogP contribution >= 0.6 is 0 Å². The summed E-state index contributed by atoms with van der Waals surface area (Å²) in [5.41, 5.74) is 0. The summed E-state index contributed by atoms with van der Waals surface area (Å²) < 4.78 is -1.20. The average Bonchev–Trinajstić information content (AvgIpc) is 3.37. The van der Waals surface area contributed by atoms with Crippen molar-refractivity contribution in [3.8, 4) is 0 Å². The molecule has 4 aliphatic rings. The molecule has 2 saturated carbocycles. The van der Waals surface area contributed by atoms with E-state index in [2.05, 4.69) is 10.6 Å². The van der Waals surface area contributed by atoms with Crippen LogP contribution in [0.1, 0.15) is 89.9 Å². The molecule has 4 fully saturated rings. The van der Waals surface area contributed by atoms with Crippen molar-refractivity contribution in [3.05, 3.63) is 10.4 Å². The van der Waals surface area contributed by atoms with Crippen LogP contribution in [-0.4, -0.2) is 71.5 Å². The van der Waals surface area contributed by atoms with Gasteiger partial charge in [-0.15, -0.1) is 0 Å². The third kappa shape index (κ3) is 5.46. The minimum Gasteiger partial charge on any atom is -0.632 e. The highest BCUT2D eigenvalue weighted by Gasteiger charge is 2.45. The lowest BCUT2D eigenvalue weighted by atomic mass is 9.95. The van der Waals surface area contributed by atoms with Crippen LogP contribution in [0.2, 0.25) is 0 Å². The van der Waals surface area contributed by atoms with Crippen molar-refractivity contribution in [3.63, 3.8) is 0 Å². The molecule has 2 aliphatic carbocycles. The van der Waals surface area contributed by atoms with Gasteiger partial charge in [0, 0.05) is 37.8 Å². The van der Waals surface area contributed by atoms with E-state index >= 15 is 0 Å². The smallest absolute Gasteiger partial charge is 0.278 e. The van der Waals surface area contributed by atoms with Crippen LogP contribution in [0.3, 0.4) is 0 Å². The Morgan fingerprint density at radius 3 is 1.34 bits per heavy atom. The largest absolute Gasteiger partial charge is 0.632 e. The number of nitrogens with zero attached hydrogens (tertiary/aromatic N) is 2. The van der Waals surface area contributed by atoms with Gasteiger partial charge in [-0.3, -0.25) is 9.59 Å². The number of carbonyl (C=O) groups excluding carboxylic acids is 2. The van der Waals surface area contributed by atoms with Gasteiger partial charge in [0.25, 0.3) is 11.8 Å². The first kappa shape index (κ1) is 23.9. The third-order valence-corrected chi connectivity index (χ3v) is 8.53. The van der Waals surface area contributed by atoms with E-state index < -0.39 is 21.4 Å². The molecule has 0 aromatic rings. The first-order valence-electron chi connectivity index (χ1n) is 13.2. The molecule has 0 aromatic heterocycles. The summed E-state index contributed by atoms with van der Waals surface area (Å²) in [5.74, 6) is -0.260. The predicted octanol–water partition coefficient (Wildman–Crippen LogP) is 2.84. The molecule has 2 N–H and O–H groups in total. The number of carbonyl (C=O) groups is 2. The number of hydrogen-bond donors (Lipinski definition) is 2. The molecule has 0 spiro atoms. The van der Waals surface area contributed by atoms with Crippen LogP contribution in [0.25, 0.3) is 0 Å². The van der Waals surface area contributed by atoms with E-state index in [9.17, 15) is 20.0 Å². The van der Waals surface area contributed by atoms with Gasteiger partial charge in [-0.25, -0.2) is 0 Å². The molecule has 2 amide bonds. The number of likely N-dealkylation sites (tertiary alicyclic amines) is 2. The van der Waals surface area contributed by atoms with E-state index in [4.69, 9.17) is 0 Å². The van der Waals surface area contributed by atoms with Crippen LogP contribution in [-0.2, 0) is 9.59 Å². The minimum absolute atomic E-state index is 0.124. The highest BCUT2D eigenvalue weighted by molar-refractivity contribution is 5.81. The highest BCUT2D eigenvalue weighted by atomic mass is 16.6. The molecular weight excluding hydrogens is 408 g/mol. The Kier molecular flexibility index (Phi) is 7.75. The average molecular weight is 451 g/mol.